The van der Waals surface area contributed by atoms with Gasteiger partial charge in [-0.25, -0.2) is 0 Å². The zero-order valence-corrected chi connectivity index (χ0v) is 20.8. The van der Waals surface area contributed by atoms with Gasteiger partial charge in [-0.1, -0.05) is 78.4 Å². The molecule has 6 aromatic carbocycles. The van der Waals surface area contributed by atoms with Crippen LogP contribution in [0.4, 0.5) is 0 Å². The number of benzene rings is 4. The molecule has 0 bridgehead atoms. The second-order valence-electron chi connectivity index (χ2n) is 7.05. The van der Waals surface area contributed by atoms with Gasteiger partial charge in [-0.05, 0) is 5.56 Å². The fourth-order valence-corrected chi connectivity index (χ4v) is 3.84. The molecule has 0 amide bonds. The monoisotopic (exact) mass is 516 g/mol. The maximum Gasteiger partial charge on any atom is 4.00 e. The van der Waals surface area contributed by atoms with Gasteiger partial charge in [-0.2, -0.15) is 12.1 Å². The van der Waals surface area contributed by atoms with Crippen molar-refractivity contribution in [3.8, 4) is 11.1 Å². The topological polar surface area (TPSA) is 0 Å². The fraction of sp³-hybridized carbons (Fsp3) is 0. The van der Waals surface area contributed by atoms with E-state index in [-0.39, 0.29) is 51.0 Å². The molecular weight excluding hydrogens is 498 g/mol. The van der Waals surface area contributed by atoms with Crippen molar-refractivity contribution in [2.24, 2.45) is 0 Å². The Kier molecular flexibility index (Phi) is 9.26. The van der Waals surface area contributed by atoms with Gasteiger partial charge in [0.2, 0.25) is 0 Å². The smallest absolute Gasteiger partial charge is 1.00 e. The minimum Gasteiger partial charge on any atom is -1.00 e. The number of halogens is 2. The molecule has 31 heavy (non-hydrogen) atoms. The van der Waals surface area contributed by atoms with Crippen molar-refractivity contribution < 1.29 is 51.0 Å². The normalized spacial score (nSPS) is 9.81. The van der Waals surface area contributed by atoms with E-state index in [0.717, 1.165) is 0 Å². The quantitative estimate of drug-likeness (QED) is 0.292. The molecule has 0 N–H and O–H groups in total. The minimum absolute atomic E-state index is 0. The van der Waals surface area contributed by atoms with Crippen LogP contribution in [0.15, 0.2) is 121 Å². The Labute approximate surface area is 214 Å². The Morgan fingerprint density at radius 3 is 1.71 bits per heavy atom. The third-order valence-corrected chi connectivity index (χ3v) is 5.27. The number of rotatable bonds is 1. The van der Waals surface area contributed by atoms with Crippen molar-refractivity contribution in [1.82, 2.24) is 0 Å². The molecule has 6 aromatic rings. The molecule has 3 heteroatoms. The first-order chi connectivity index (χ1) is 13.9. The van der Waals surface area contributed by atoms with Gasteiger partial charge in [-0.15, -0.1) is 68.7 Å². The average Bonchev–Trinajstić information content (AvgIpc) is 3.38. The van der Waals surface area contributed by atoms with Gasteiger partial charge >= 0.3 is 26.2 Å². The van der Waals surface area contributed by atoms with Crippen molar-refractivity contribution in [3.05, 3.63) is 121 Å². The number of hydrogen-bond donors (Lipinski definition) is 0. The van der Waals surface area contributed by atoms with E-state index in [0.29, 0.717) is 0 Å². The van der Waals surface area contributed by atoms with Gasteiger partial charge in [0, 0.05) is 0 Å². The first kappa shape index (κ1) is 25.1. The van der Waals surface area contributed by atoms with Crippen molar-refractivity contribution in [2.45, 2.75) is 0 Å². The summed E-state index contributed by atoms with van der Waals surface area (Å²) in [5.41, 5.74) is 2.56. The van der Waals surface area contributed by atoms with E-state index in [1.165, 1.54) is 43.4 Å². The van der Waals surface area contributed by atoms with E-state index in [1.54, 1.807) is 0 Å². The maximum absolute atomic E-state index is 2.24. The predicted molar refractivity (Wildman–Crippen MR) is 122 cm³/mol. The number of fused-ring (bicyclic) bond motifs is 4. The van der Waals surface area contributed by atoms with E-state index in [1.807, 2.05) is 6.07 Å². The summed E-state index contributed by atoms with van der Waals surface area (Å²) >= 11 is 0. The summed E-state index contributed by atoms with van der Waals surface area (Å²) in [4.78, 5) is 0. The molecule has 150 valence electrons. The molecule has 0 fully saturated rings. The van der Waals surface area contributed by atoms with Crippen LogP contribution < -0.4 is 24.8 Å². The first-order valence-electron chi connectivity index (χ1n) is 9.62. The third kappa shape index (κ3) is 5.36. The molecule has 0 heterocycles. The maximum atomic E-state index is 2.24. The standard InChI is InChI=1S/C15H11.C13H9.2ClH.Zr/c1-2-5-12(6-3-1)15-10-9-13-7-4-8-14(13)11-15;1-3-7-12-10(5-1)9-11-6-2-4-8-13(11)12;;;/h1-11H;1-9H;2*1H;/q2*-1;;;+4/p-2. The second-order valence-corrected chi connectivity index (χ2v) is 7.05. The SMILES string of the molecule is [Cl-].[Cl-].[Zr+4].c1ccc(-c2ccc3cc[cH-]c3c2)cc1.c1ccc2c(c1)[cH-]c1ccccc12. The van der Waals surface area contributed by atoms with Crippen LogP contribution in [-0.4, -0.2) is 0 Å². The van der Waals surface area contributed by atoms with Gasteiger partial charge in [0.1, 0.15) is 0 Å². The zero-order chi connectivity index (χ0) is 18.8. The van der Waals surface area contributed by atoms with E-state index in [2.05, 4.69) is 115 Å². The van der Waals surface area contributed by atoms with Gasteiger partial charge < -0.3 is 24.8 Å². The molecule has 0 aromatic heterocycles. The van der Waals surface area contributed by atoms with E-state index < -0.39 is 0 Å². The van der Waals surface area contributed by atoms with Crippen LogP contribution in [0.1, 0.15) is 0 Å². The summed E-state index contributed by atoms with van der Waals surface area (Å²) in [7, 11) is 0. The first-order valence-corrected chi connectivity index (χ1v) is 9.62. The average molecular weight is 519 g/mol. The van der Waals surface area contributed by atoms with E-state index in [9.17, 15) is 0 Å². The van der Waals surface area contributed by atoms with Crippen molar-refractivity contribution in [1.29, 1.82) is 0 Å². The third-order valence-electron chi connectivity index (χ3n) is 5.27. The molecule has 0 nitrogen and oxygen atoms in total. The molecule has 0 radical (unpaired) electrons. The van der Waals surface area contributed by atoms with Crippen LogP contribution >= 0.6 is 0 Å². The largest absolute Gasteiger partial charge is 4.00 e. The van der Waals surface area contributed by atoms with Crippen molar-refractivity contribution >= 4 is 32.3 Å². The minimum atomic E-state index is 0. The van der Waals surface area contributed by atoms with Crippen molar-refractivity contribution in [2.75, 3.05) is 0 Å². The van der Waals surface area contributed by atoms with Crippen molar-refractivity contribution in [3.63, 3.8) is 0 Å². The summed E-state index contributed by atoms with van der Waals surface area (Å²) in [6.07, 6.45) is 0. The summed E-state index contributed by atoms with van der Waals surface area (Å²) < 4.78 is 0. The van der Waals surface area contributed by atoms with Gasteiger partial charge in [0.25, 0.3) is 0 Å². The van der Waals surface area contributed by atoms with Crippen LogP contribution in [0, 0.1) is 0 Å². The Balaban J connectivity index is 0.000000202. The summed E-state index contributed by atoms with van der Waals surface area (Å²) in [5, 5.41) is 8.02. The molecule has 0 aliphatic heterocycles. The van der Waals surface area contributed by atoms with Crippen LogP contribution in [0.5, 0.6) is 0 Å². The van der Waals surface area contributed by atoms with Crippen LogP contribution in [0.25, 0.3) is 43.4 Å². The Morgan fingerprint density at radius 2 is 1.06 bits per heavy atom. The summed E-state index contributed by atoms with van der Waals surface area (Å²) in [6, 6.07) is 42.7. The fourth-order valence-electron chi connectivity index (χ4n) is 3.84. The molecule has 0 aliphatic carbocycles. The summed E-state index contributed by atoms with van der Waals surface area (Å²) in [6.45, 7) is 0. The van der Waals surface area contributed by atoms with Gasteiger partial charge in [-0.3, -0.25) is 0 Å². The van der Waals surface area contributed by atoms with E-state index >= 15 is 0 Å². The molecule has 0 saturated carbocycles. The predicted octanol–water partition coefficient (Wildman–Crippen LogP) is 1.94. The Bertz CT molecular complexity index is 1310. The van der Waals surface area contributed by atoms with Gasteiger partial charge in [0.15, 0.2) is 0 Å². The van der Waals surface area contributed by atoms with Crippen LogP contribution in [0.2, 0.25) is 0 Å². The second kappa shape index (κ2) is 11.4. The molecule has 0 spiro atoms. The van der Waals surface area contributed by atoms with E-state index in [4.69, 9.17) is 0 Å². The van der Waals surface area contributed by atoms with Gasteiger partial charge in [0.05, 0.1) is 0 Å². The molecule has 0 aliphatic rings. The molecule has 0 saturated heterocycles. The molecule has 0 unspecified atom stereocenters. The van der Waals surface area contributed by atoms with Crippen LogP contribution in [-0.2, 0) is 26.2 Å². The Morgan fingerprint density at radius 1 is 0.484 bits per heavy atom. The molecule has 6 rings (SSSR count). The summed E-state index contributed by atoms with van der Waals surface area (Å²) in [5.74, 6) is 0. The molecular formula is C28H20Cl2Zr. The zero-order valence-electron chi connectivity index (χ0n) is 16.8. The Hall–Kier alpha value is -2.18. The van der Waals surface area contributed by atoms with Crippen LogP contribution in [0.3, 0.4) is 0 Å². The molecule has 0 atom stereocenters. The number of hydrogen-bond acceptors (Lipinski definition) is 0.